The predicted octanol–water partition coefficient (Wildman–Crippen LogP) is 2.86. The first kappa shape index (κ1) is 19.6. The second-order valence-electron chi connectivity index (χ2n) is 6.96. The van der Waals surface area contributed by atoms with Crippen molar-refractivity contribution in [2.45, 2.75) is 0 Å². The first-order valence-electron chi connectivity index (χ1n) is 9.62. The first-order chi connectivity index (χ1) is 14.1. The number of benzene rings is 2. The maximum atomic E-state index is 13.2. The van der Waals surface area contributed by atoms with Crippen molar-refractivity contribution in [3.05, 3.63) is 70.9 Å². The summed E-state index contributed by atoms with van der Waals surface area (Å²) in [6, 6.07) is 16.3. The third-order valence-corrected chi connectivity index (χ3v) is 5.34. The number of nitrogens with one attached hydrogen (secondary N) is 1. The van der Waals surface area contributed by atoms with Gasteiger partial charge in [-0.05, 0) is 29.8 Å². The van der Waals surface area contributed by atoms with Crippen molar-refractivity contribution in [3.63, 3.8) is 0 Å². The molecule has 150 valence electrons. The molecular weight excluding hydrogens is 390 g/mol. The van der Waals surface area contributed by atoms with Crippen LogP contribution >= 0.6 is 11.6 Å². The van der Waals surface area contributed by atoms with Gasteiger partial charge in [0.1, 0.15) is 5.70 Å². The highest BCUT2D eigenvalue weighted by Gasteiger charge is 2.39. The molecule has 2 aromatic carbocycles. The topological polar surface area (TPSA) is 61.9 Å². The lowest BCUT2D eigenvalue weighted by Crippen LogP contribution is -2.43. The number of imide groups is 1. The van der Waals surface area contributed by atoms with E-state index in [1.807, 2.05) is 30.3 Å². The van der Waals surface area contributed by atoms with E-state index in [9.17, 15) is 9.59 Å². The lowest BCUT2D eigenvalue weighted by molar-refractivity contribution is -0.137. The third kappa shape index (κ3) is 4.34. The fraction of sp³-hybridized carbons (Fsp3) is 0.273. The van der Waals surface area contributed by atoms with E-state index in [2.05, 4.69) is 10.2 Å². The number of morpholine rings is 1. The summed E-state index contributed by atoms with van der Waals surface area (Å²) in [5.41, 5.74) is 2.09. The Hall–Kier alpha value is -2.67. The first-order valence-corrected chi connectivity index (χ1v) is 10.00. The maximum absolute atomic E-state index is 13.2. The minimum atomic E-state index is -0.308. The zero-order chi connectivity index (χ0) is 20.2. The Labute approximate surface area is 174 Å². The van der Waals surface area contributed by atoms with Crippen molar-refractivity contribution >= 4 is 34.7 Å². The summed E-state index contributed by atoms with van der Waals surface area (Å²) in [5, 5.41) is 3.73. The molecule has 29 heavy (non-hydrogen) atoms. The molecule has 2 heterocycles. The quantitative estimate of drug-likeness (QED) is 0.740. The summed E-state index contributed by atoms with van der Waals surface area (Å²) in [6.07, 6.45) is 0. The highest BCUT2D eigenvalue weighted by Crippen LogP contribution is 2.31. The summed E-state index contributed by atoms with van der Waals surface area (Å²) < 4.78 is 5.36. The Morgan fingerprint density at radius 2 is 1.59 bits per heavy atom. The van der Waals surface area contributed by atoms with Crippen molar-refractivity contribution < 1.29 is 14.3 Å². The Balaban J connectivity index is 1.61. The van der Waals surface area contributed by atoms with Crippen LogP contribution in [0.2, 0.25) is 5.02 Å². The van der Waals surface area contributed by atoms with Crippen LogP contribution < -0.4 is 5.32 Å². The van der Waals surface area contributed by atoms with E-state index in [0.29, 0.717) is 48.2 Å². The van der Waals surface area contributed by atoms with Gasteiger partial charge in [0.15, 0.2) is 0 Å². The van der Waals surface area contributed by atoms with Gasteiger partial charge in [-0.1, -0.05) is 41.9 Å². The van der Waals surface area contributed by atoms with Gasteiger partial charge in [-0.25, -0.2) is 0 Å². The molecule has 0 spiro atoms. The van der Waals surface area contributed by atoms with Crippen LogP contribution in [0.3, 0.4) is 0 Å². The monoisotopic (exact) mass is 411 g/mol. The number of halogens is 1. The number of carbonyl (C=O) groups excluding carboxylic acids is 2. The van der Waals surface area contributed by atoms with E-state index < -0.39 is 0 Å². The molecule has 2 amide bonds. The molecule has 2 aromatic rings. The van der Waals surface area contributed by atoms with Gasteiger partial charge in [0.2, 0.25) is 0 Å². The van der Waals surface area contributed by atoms with E-state index in [1.54, 1.807) is 24.3 Å². The second-order valence-corrected chi connectivity index (χ2v) is 7.40. The Kier molecular flexibility index (Phi) is 5.94. The molecular formula is C22H22ClN3O3. The zero-order valence-electron chi connectivity index (χ0n) is 15.9. The minimum Gasteiger partial charge on any atom is -0.379 e. The van der Waals surface area contributed by atoms with Crippen LogP contribution in [-0.2, 0) is 14.3 Å². The number of hydrogen-bond donors (Lipinski definition) is 1. The Bertz CT molecular complexity index is 922. The normalized spacial score (nSPS) is 17.9. The second kappa shape index (κ2) is 8.78. The van der Waals surface area contributed by atoms with E-state index >= 15 is 0 Å². The van der Waals surface area contributed by atoms with E-state index in [-0.39, 0.29) is 11.8 Å². The standard InChI is InChI=1S/C22H22ClN3O3/c23-17-8-6-16(7-9-17)19-20(24-18-4-2-1-3-5-18)22(28)26(21(19)27)11-10-25-12-14-29-15-13-25/h1-9,24H,10-15H2. The minimum absolute atomic E-state index is 0.288. The molecule has 2 aliphatic heterocycles. The lowest BCUT2D eigenvalue weighted by atomic mass is 10.0. The summed E-state index contributed by atoms with van der Waals surface area (Å²) in [6.45, 7) is 3.95. The number of hydrogen-bond acceptors (Lipinski definition) is 5. The molecule has 6 nitrogen and oxygen atoms in total. The molecule has 2 aliphatic rings. The average Bonchev–Trinajstić information content (AvgIpc) is 2.98. The number of amides is 2. The highest BCUT2D eigenvalue weighted by molar-refractivity contribution is 6.36. The SMILES string of the molecule is O=C1C(Nc2ccccc2)=C(c2ccc(Cl)cc2)C(=O)N1CCN1CCOCC1. The molecule has 7 heteroatoms. The molecule has 0 radical (unpaired) electrons. The van der Waals surface area contributed by atoms with Gasteiger partial charge < -0.3 is 10.1 Å². The molecule has 1 fully saturated rings. The Morgan fingerprint density at radius 1 is 0.897 bits per heavy atom. The Morgan fingerprint density at radius 3 is 2.28 bits per heavy atom. The molecule has 0 saturated carbocycles. The van der Waals surface area contributed by atoms with Crippen molar-refractivity contribution in [1.29, 1.82) is 0 Å². The molecule has 1 N–H and O–H groups in total. The maximum Gasteiger partial charge on any atom is 0.278 e. The zero-order valence-corrected chi connectivity index (χ0v) is 16.7. The molecule has 0 aromatic heterocycles. The number of carbonyl (C=O) groups is 2. The van der Waals surface area contributed by atoms with Gasteiger partial charge in [0, 0.05) is 36.9 Å². The molecule has 0 atom stereocenters. The van der Waals surface area contributed by atoms with Crippen LogP contribution in [0.15, 0.2) is 60.3 Å². The highest BCUT2D eigenvalue weighted by atomic mass is 35.5. The molecule has 4 rings (SSSR count). The molecule has 1 saturated heterocycles. The molecule has 0 aliphatic carbocycles. The van der Waals surface area contributed by atoms with Gasteiger partial charge >= 0.3 is 0 Å². The van der Waals surface area contributed by atoms with Crippen LogP contribution in [0.4, 0.5) is 5.69 Å². The molecule has 0 unspecified atom stereocenters. The van der Waals surface area contributed by atoms with Gasteiger partial charge in [-0.2, -0.15) is 0 Å². The summed E-state index contributed by atoms with van der Waals surface area (Å²) in [7, 11) is 0. The fourth-order valence-electron chi connectivity index (χ4n) is 3.51. The number of anilines is 1. The van der Waals surface area contributed by atoms with Gasteiger partial charge in [0.05, 0.1) is 18.8 Å². The largest absolute Gasteiger partial charge is 0.379 e. The smallest absolute Gasteiger partial charge is 0.278 e. The van der Waals surface area contributed by atoms with E-state index in [0.717, 1.165) is 18.8 Å². The van der Waals surface area contributed by atoms with Crippen LogP contribution in [0, 0.1) is 0 Å². The number of ether oxygens (including phenoxy) is 1. The van der Waals surface area contributed by atoms with Crippen LogP contribution in [0.5, 0.6) is 0 Å². The number of nitrogens with zero attached hydrogens (tertiary/aromatic N) is 2. The predicted molar refractivity (Wildman–Crippen MR) is 112 cm³/mol. The summed E-state index contributed by atoms with van der Waals surface area (Å²) in [5.74, 6) is -0.596. The fourth-order valence-corrected chi connectivity index (χ4v) is 3.64. The van der Waals surface area contributed by atoms with E-state index in [1.165, 1.54) is 4.90 Å². The van der Waals surface area contributed by atoms with Gasteiger partial charge in [-0.3, -0.25) is 19.4 Å². The van der Waals surface area contributed by atoms with Crippen LogP contribution in [0.25, 0.3) is 5.57 Å². The summed E-state index contributed by atoms with van der Waals surface area (Å²) >= 11 is 6.00. The van der Waals surface area contributed by atoms with Crippen molar-refractivity contribution in [3.8, 4) is 0 Å². The van der Waals surface area contributed by atoms with Gasteiger partial charge in [-0.15, -0.1) is 0 Å². The number of rotatable bonds is 6. The summed E-state index contributed by atoms with van der Waals surface area (Å²) in [4.78, 5) is 29.9. The van der Waals surface area contributed by atoms with Crippen molar-refractivity contribution in [2.75, 3.05) is 44.7 Å². The van der Waals surface area contributed by atoms with Crippen molar-refractivity contribution in [1.82, 2.24) is 9.80 Å². The van der Waals surface area contributed by atoms with Crippen LogP contribution in [-0.4, -0.2) is 61.0 Å². The average molecular weight is 412 g/mol. The molecule has 0 bridgehead atoms. The van der Waals surface area contributed by atoms with Crippen LogP contribution in [0.1, 0.15) is 5.56 Å². The number of para-hydroxylation sites is 1. The third-order valence-electron chi connectivity index (χ3n) is 5.09. The van der Waals surface area contributed by atoms with E-state index in [4.69, 9.17) is 16.3 Å². The van der Waals surface area contributed by atoms with Gasteiger partial charge in [0.25, 0.3) is 11.8 Å². The van der Waals surface area contributed by atoms with Crippen molar-refractivity contribution in [2.24, 2.45) is 0 Å². The lowest BCUT2D eigenvalue weighted by Gasteiger charge is -2.28.